The van der Waals surface area contributed by atoms with Crippen molar-refractivity contribution in [3.8, 4) is 0 Å². The molecular formula is C26H26BN7O. The molecule has 2 N–H and O–H groups in total. The lowest BCUT2D eigenvalue weighted by Crippen LogP contribution is -2.39. The van der Waals surface area contributed by atoms with Crippen LogP contribution >= 0.6 is 0 Å². The molecule has 1 aliphatic rings. The summed E-state index contributed by atoms with van der Waals surface area (Å²) < 4.78 is 1.85. The Morgan fingerprint density at radius 2 is 2.09 bits per heavy atom. The van der Waals surface area contributed by atoms with Crippen LogP contribution in [-0.2, 0) is 6.54 Å². The molecule has 1 amide bonds. The van der Waals surface area contributed by atoms with E-state index in [1.54, 1.807) is 6.20 Å². The number of rotatable bonds is 5. The molecule has 0 aliphatic carbocycles. The maximum absolute atomic E-state index is 13.3. The largest absolute Gasteiger partial charge is 0.366 e. The van der Waals surface area contributed by atoms with Crippen LogP contribution < -0.4 is 10.8 Å². The molecule has 9 heteroatoms. The van der Waals surface area contributed by atoms with E-state index < -0.39 is 0 Å². The summed E-state index contributed by atoms with van der Waals surface area (Å²) >= 11 is 0. The van der Waals surface area contributed by atoms with Crippen molar-refractivity contribution in [1.82, 2.24) is 29.5 Å². The molecule has 5 heterocycles. The Bertz CT molecular complexity index is 1480. The number of para-hydroxylation sites is 1. The number of hydrogen-bond donors (Lipinski definition) is 2. The number of nitrogens with zero attached hydrogens (tertiary/aromatic N) is 5. The number of hydrogen-bond acceptors (Lipinski definition) is 5. The summed E-state index contributed by atoms with van der Waals surface area (Å²) in [7, 11) is 2.02. The fourth-order valence-electron chi connectivity index (χ4n) is 4.88. The number of amides is 1. The van der Waals surface area contributed by atoms with Crippen LogP contribution in [0.15, 0.2) is 67.1 Å². The molecule has 35 heavy (non-hydrogen) atoms. The van der Waals surface area contributed by atoms with Gasteiger partial charge in [-0.05, 0) is 42.1 Å². The number of aromatic nitrogens is 5. The van der Waals surface area contributed by atoms with Gasteiger partial charge in [-0.1, -0.05) is 24.3 Å². The van der Waals surface area contributed by atoms with Crippen LogP contribution in [0.3, 0.4) is 0 Å². The van der Waals surface area contributed by atoms with E-state index in [-0.39, 0.29) is 11.8 Å². The molecule has 1 saturated heterocycles. The van der Waals surface area contributed by atoms with Gasteiger partial charge >= 0.3 is 0 Å². The Balaban J connectivity index is 1.27. The Kier molecular flexibility index (Phi) is 5.44. The van der Waals surface area contributed by atoms with Gasteiger partial charge in [0.05, 0.1) is 5.69 Å². The molecule has 1 aromatic carbocycles. The van der Waals surface area contributed by atoms with Crippen molar-refractivity contribution in [2.45, 2.75) is 25.3 Å². The highest BCUT2D eigenvalue weighted by atomic mass is 16.2. The molecule has 1 unspecified atom stereocenters. The van der Waals surface area contributed by atoms with Crippen molar-refractivity contribution in [3.63, 3.8) is 0 Å². The molecule has 0 radical (unpaired) electrons. The first-order chi connectivity index (χ1) is 17.2. The highest BCUT2D eigenvalue weighted by molar-refractivity contribution is 6.36. The summed E-state index contributed by atoms with van der Waals surface area (Å²) in [6.45, 7) is 2.04. The summed E-state index contributed by atoms with van der Waals surface area (Å²) in [6, 6.07) is 16.0. The van der Waals surface area contributed by atoms with Crippen molar-refractivity contribution in [2.75, 3.05) is 18.4 Å². The number of anilines is 1. The molecule has 5 aromatic rings. The highest BCUT2D eigenvalue weighted by Gasteiger charge is 2.28. The van der Waals surface area contributed by atoms with Gasteiger partial charge in [-0.15, -0.1) is 0 Å². The van der Waals surface area contributed by atoms with Crippen LogP contribution in [0.5, 0.6) is 0 Å². The lowest BCUT2D eigenvalue weighted by Gasteiger charge is -2.32. The van der Waals surface area contributed by atoms with E-state index in [1.807, 2.05) is 72.1 Å². The van der Waals surface area contributed by atoms with Gasteiger partial charge < -0.3 is 15.2 Å². The van der Waals surface area contributed by atoms with E-state index in [1.165, 1.54) is 0 Å². The highest BCUT2D eigenvalue weighted by Crippen LogP contribution is 2.29. The summed E-state index contributed by atoms with van der Waals surface area (Å²) in [5.41, 5.74) is 5.57. The van der Waals surface area contributed by atoms with Gasteiger partial charge in [0.1, 0.15) is 19.4 Å². The van der Waals surface area contributed by atoms with E-state index in [0.717, 1.165) is 58.5 Å². The number of likely N-dealkylation sites (tertiary alicyclic amines) is 1. The van der Waals surface area contributed by atoms with Gasteiger partial charge in [0.15, 0.2) is 5.65 Å². The Labute approximate surface area is 203 Å². The lowest BCUT2D eigenvalue weighted by molar-refractivity contribution is 0.0701. The number of piperidine rings is 1. The smallest absolute Gasteiger partial charge is 0.270 e. The molecule has 0 saturated carbocycles. The van der Waals surface area contributed by atoms with Crippen LogP contribution in [0.2, 0.25) is 0 Å². The number of aromatic amines is 1. The zero-order valence-corrected chi connectivity index (χ0v) is 19.6. The molecule has 4 aromatic heterocycles. The van der Waals surface area contributed by atoms with Gasteiger partial charge in [-0.3, -0.25) is 9.78 Å². The number of nitrogens with one attached hydrogen (secondary N) is 2. The minimum absolute atomic E-state index is 0.0439. The predicted octanol–water partition coefficient (Wildman–Crippen LogP) is 2.50. The molecule has 1 fully saturated rings. The fraction of sp³-hybridized carbons (Fsp3) is 0.231. The lowest BCUT2D eigenvalue weighted by atomic mass is 9.93. The predicted molar refractivity (Wildman–Crippen MR) is 139 cm³/mol. The molecule has 0 spiro atoms. The molecule has 0 bridgehead atoms. The quantitative estimate of drug-likeness (QED) is 0.391. The third-order valence-corrected chi connectivity index (χ3v) is 6.75. The van der Waals surface area contributed by atoms with Crippen molar-refractivity contribution in [2.24, 2.45) is 0 Å². The van der Waals surface area contributed by atoms with Crippen LogP contribution in [-0.4, -0.2) is 56.3 Å². The fourth-order valence-corrected chi connectivity index (χ4v) is 4.88. The topological polar surface area (TPSA) is 91.2 Å². The number of carbonyl (C=O) groups excluding carboxylic acids is 1. The van der Waals surface area contributed by atoms with Crippen molar-refractivity contribution < 1.29 is 4.79 Å². The third kappa shape index (κ3) is 4.14. The van der Waals surface area contributed by atoms with Crippen LogP contribution in [0.25, 0.3) is 16.6 Å². The maximum atomic E-state index is 13.3. The van der Waals surface area contributed by atoms with Crippen LogP contribution in [0.4, 0.5) is 5.82 Å². The van der Waals surface area contributed by atoms with E-state index in [0.29, 0.717) is 18.8 Å². The van der Waals surface area contributed by atoms with Crippen molar-refractivity contribution >= 4 is 41.6 Å². The number of fused-ring (bicyclic) bond motifs is 2. The second-order valence-electron chi connectivity index (χ2n) is 9.20. The second-order valence-corrected chi connectivity index (χ2v) is 9.20. The Morgan fingerprint density at radius 3 is 2.94 bits per heavy atom. The molecular weight excluding hydrogens is 437 g/mol. The Hall–Kier alpha value is -4.14. The monoisotopic (exact) mass is 463 g/mol. The standard InChI is InChI=1S/C26H26BN7O/c27-20-15-30-34-24(29-14-17-5-3-9-28-13-17)12-22(32-25(20)34)19-7-4-10-33(16-19)26(35)23-11-18-6-1-2-8-21(18)31-23/h1-3,5-6,8-9,11-13,15,19,29,31H,4,7,10,14,16,27H2. The summed E-state index contributed by atoms with van der Waals surface area (Å²) in [5.74, 6) is 1.10. The average molecular weight is 463 g/mol. The maximum Gasteiger partial charge on any atom is 0.270 e. The van der Waals surface area contributed by atoms with E-state index in [2.05, 4.69) is 26.4 Å². The zero-order chi connectivity index (χ0) is 23.8. The zero-order valence-electron chi connectivity index (χ0n) is 19.6. The van der Waals surface area contributed by atoms with Crippen molar-refractivity contribution in [3.05, 3.63) is 84.1 Å². The molecule has 1 atom stereocenters. The molecule has 1 aliphatic heterocycles. The number of benzene rings is 1. The van der Waals surface area contributed by atoms with Crippen molar-refractivity contribution in [1.29, 1.82) is 0 Å². The first kappa shape index (κ1) is 21.4. The van der Waals surface area contributed by atoms with Gasteiger partial charge in [0, 0.05) is 61.1 Å². The normalized spacial score (nSPS) is 16.1. The van der Waals surface area contributed by atoms with Crippen LogP contribution in [0, 0.1) is 0 Å². The molecule has 6 rings (SSSR count). The number of pyridine rings is 1. The van der Waals surface area contributed by atoms with Gasteiger partial charge in [-0.25, -0.2) is 4.98 Å². The third-order valence-electron chi connectivity index (χ3n) is 6.75. The summed E-state index contributed by atoms with van der Waals surface area (Å²) in [4.78, 5) is 27.8. The van der Waals surface area contributed by atoms with E-state index in [4.69, 9.17) is 4.98 Å². The Morgan fingerprint density at radius 1 is 1.17 bits per heavy atom. The van der Waals surface area contributed by atoms with Gasteiger partial charge in [0.25, 0.3) is 5.91 Å². The minimum atomic E-state index is 0.0439. The van der Waals surface area contributed by atoms with E-state index in [9.17, 15) is 4.79 Å². The van der Waals surface area contributed by atoms with Gasteiger partial charge in [-0.2, -0.15) is 9.61 Å². The number of H-pyrrole nitrogens is 1. The van der Waals surface area contributed by atoms with Gasteiger partial charge in [0.2, 0.25) is 0 Å². The molecule has 174 valence electrons. The molecule has 8 nitrogen and oxygen atoms in total. The minimum Gasteiger partial charge on any atom is -0.366 e. The first-order valence-corrected chi connectivity index (χ1v) is 12.0. The van der Waals surface area contributed by atoms with Crippen LogP contribution in [0.1, 0.15) is 40.5 Å². The SMILES string of the molecule is Bc1cnn2c(NCc3cccnc3)cc(C3CCCN(C(=O)c4cc5ccccc5[nH]4)C3)nc12. The summed E-state index contributed by atoms with van der Waals surface area (Å²) in [6.07, 6.45) is 7.41. The van der Waals surface area contributed by atoms with E-state index >= 15 is 0 Å². The average Bonchev–Trinajstić information content (AvgIpc) is 3.51. The first-order valence-electron chi connectivity index (χ1n) is 12.0. The summed E-state index contributed by atoms with van der Waals surface area (Å²) in [5, 5.41) is 9.09. The second kappa shape index (κ2) is 8.90. The number of carbonyl (C=O) groups is 1.